The van der Waals surface area contributed by atoms with Crippen molar-refractivity contribution in [3.05, 3.63) is 38.8 Å². The van der Waals surface area contributed by atoms with Crippen molar-refractivity contribution in [2.45, 2.75) is 52.6 Å². The first-order chi connectivity index (χ1) is 12.8. The third kappa shape index (κ3) is 3.80. The average Bonchev–Trinajstić information content (AvgIpc) is 3.30. The number of aromatic nitrogens is 2. The third-order valence-electron chi connectivity index (χ3n) is 5.04. The highest BCUT2D eigenvalue weighted by Crippen LogP contribution is 2.36. The Morgan fingerprint density at radius 2 is 2.04 bits per heavy atom. The van der Waals surface area contributed by atoms with Crippen molar-refractivity contribution < 1.29 is 14.4 Å². The van der Waals surface area contributed by atoms with Gasteiger partial charge in [0.15, 0.2) is 5.78 Å². The van der Waals surface area contributed by atoms with E-state index in [0.717, 1.165) is 23.4 Å². The minimum atomic E-state index is -0.437. The lowest BCUT2D eigenvalue weighted by Crippen LogP contribution is -2.31. The Labute approximate surface area is 162 Å². The van der Waals surface area contributed by atoms with Crippen LogP contribution < -0.4 is 5.73 Å². The molecule has 2 N–H and O–H groups in total. The van der Waals surface area contributed by atoms with Crippen LogP contribution in [0.1, 0.15) is 68.5 Å². The fourth-order valence-electron chi connectivity index (χ4n) is 3.79. The number of thiophene rings is 1. The summed E-state index contributed by atoms with van der Waals surface area (Å²) in [6, 6.07) is 3.62. The number of Topliss-reactive ketones (excluding diaryl/α,β-unsaturated/α-hetero) is 1. The first-order valence-corrected chi connectivity index (χ1v) is 9.85. The van der Waals surface area contributed by atoms with E-state index in [0.29, 0.717) is 35.6 Å². The van der Waals surface area contributed by atoms with Gasteiger partial charge >= 0.3 is 0 Å². The lowest BCUT2D eigenvalue weighted by molar-refractivity contribution is -0.132. The van der Waals surface area contributed by atoms with Gasteiger partial charge < -0.3 is 10.6 Å². The van der Waals surface area contributed by atoms with E-state index in [9.17, 15) is 14.4 Å². The van der Waals surface area contributed by atoms with Crippen molar-refractivity contribution in [2.24, 2.45) is 5.73 Å². The minimum Gasteiger partial charge on any atom is -0.365 e. The van der Waals surface area contributed by atoms with Crippen LogP contribution in [-0.4, -0.2) is 38.8 Å². The predicted octanol–water partition coefficient (Wildman–Crippen LogP) is 2.62. The van der Waals surface area contributed by atoms with Crippen LogP contribution in [0.5, 0.6) is 0 Å². The second kappa shape index (κ2) is 7.64. The second-order valence-corrected chi connectivity index (χ2v) is 8.00. The van der Waals surface area contributed by atoms with Gasteiger partial charge in [-0.2, -0.15) is 5.10 Å². The van der Waals surface area contributed by atoms with Gasteiger partial charge in [0, 0.05) is 30.1 Å². The predicted molar refractivity (Wildman–Crippen MR) is 103 cm³/mol. The van der Waals surface area contributed by atoms with E-state index in [4.69, 9.17) is 5.73 Å². The number of carbonyl (C=O) groups is 3. The van der Waals surface area contributed by atoms with Crippen LogP contribution in [0.15, 0.2) is 12.1 Å². The molecule has 0 unspecified atom stereocenters. The maximum atomic E-state index is 12.8. The van der Waals surface area contributed by atoms with E-state index in [1.165, 1.54) is 18.3 Å². The quantitative estimate of drug-likeness (QED) is 0.769. The molecular formula is C19H24N4O3S. The molecule has 0 aromatic carbocycles. The molecule has 1 aliphatic rings. The smallest absolute Gasteiger partial charge is 0.258 e. The Morgan fingerprint density at radius 3 is 2.63 bits per heavy atom. The van der Waals surface area contributed by atoms with Crippen molar-refractivity contribution in [3.8, 4) is 0 Å². The standard InChI is InChI=1S/C19H24N4O3S/c1-11-18(13(3)24)12(2)23(21-11)10-8-17(25)22-9-4-5-14(22)15-6-7-16(27-15)19(20)26/h6-7,14H,4-5,8-10H2,1-3H3,(H2,20,26)/t14-/m1/s1. The van der Waals surface area contributed by atoms with Gasteiger partial charge in [0.2, 0.25) is 5.91 Å². The fraction of sp³-hybridized carbons (Fsp3) is 0.474. The molecule has 0 spiro atoms. The molecule has 1 atom stereocenters. The van der Waals surface area contributed by atoms with Gasteiger partial charge in [0.1, 0.15) is 0 Å². The number of nitrogens with zero attached hydrogens (tertiary/aromatic N) is 3. The number of primary amides is 1. The van der Waals surface area contributed by atoms with E-state index >= 15 is 0 Å². The van der Waals surface area contributed by atoms with Gasteiger partial charge in [-0.1, -0.05) is 0 Å². The monoisotopic (exact) mass is 388 g/mol. The molecule has 1 aliphatic heterocycles. The van der Waals surface area contributed by atoms with E-state index in [1.807, 2.05) is 24.8 Å². The number of carbonyl (C=O) groups excluding carboxylic acids is 3. The molecule has 0 saturated carbocycles. The first kappa shape index (κ1) is 19.3. The maximum absolute atomic E-state index is 12.8. The normalized spacial score (nSPS) is 16.7. The summed E-state index contributed by atoms with van der Waals surface area (Å²) in [5, 5.41) is 4.41. The number of rotatable bonds is 6. The SMILES string of the molecule is CC(=O)c1c(C)nn(CCC(=O)N2CCC[C@@H]2c2ccc(C(N)=O)s2)c1C. The second-order valence-electron chi connectivity index (χ2n) is 6.89. The third-order valence-corrected chi connectivity index (χ3v) is 6.24. The van der Waals surface area contributed by atoms with Gasteiger partial charge in [-0.25, -0.2) is 0 Å². The molecule has 2 amide bonds. The fourth-order valence-corrected chi connectivity index (χ4v) is 4.80. The molecule has 1 fully saturated rings. The Balaban J connectivity index is 1.69. The van der Waals surface area contributed by atoms with Crippen molar-refractivity contribution in [2.75, 3.05) is 6.54 Å². The summed E-state index contributed by atoms with van der Waals surface area (Å²) >= 11 is 1.36. The summed E-state index contributed by atoms with van der Waals surface area (Å²) in [6.07, 6.45) is 2.15. The van der Waals surface area contributed by atoms with Crippen molar-refractivity contribution in [1.82, 2.24) is 14.7 Å². The first-order valence-electron chi connectivity index (χ1n) is 9.03. The highest BCUT2D eigenvalue weighted by atomic mass is 32.1. The maximum Gasteiger partial charge on any atom is 0.258 e. The zero-order valence-electron chi connectivity index (χ0n) is 15.8. The summed E-state index contributed by atoms with van der Waals surface area (Å²) in [5.74, 6) is -0.387. The Bertz CT molecular complexity index is 899. The van der Waals surface area contributed by atoms with Gasteiger partial charge in [0.25, 0.3) is 5.91 Å². The molecule has 7 nitrogen and oxygen atoms in total. The molecule has 1 saturated heterocycles. The van der Waals surface area contributed by atoms with Crippen LogP contribution in [0.3, 0.4) is 0 Å². The summed E-state index contributed by atoms with van der Waals surface area (Å²) in [5.41, 5.74) is 7.48. The van der Waals surface area contributed by atoms with Gasteiger partial charge in [-0.05, 0) is 45.7 Å². The molecule has 144 valence electrons. The molecule has 2 aromatic rings. The summed E-state index contributed by atoms with van der Waals surface area (Å²) in [4.78, 5) is 39.3. The minimum absolute atomic E-state index is 0.00355. The average molecular weight is 388 g/mol. The summed E-state index contributed by atoms with van der Waals surface area (Å²) in [7, 11) is 0. The number of hydrogen-bond donors (Lipinski definition) is 1. The molecule has 3 rings (SSSR count). The Morgan fingerprint density at radius 1 is 1.30 bits per heavy atom. The van der Waals surface area contributed by atoms with Gasteiger partial charge in [0.05, 0.1) is 22.2 Å². The number of likely N-dealkylation sites (tertiary alicyclic amines) is 1. The van der Waals surface area contributed by atoms with E-state index < -0.39 is 5.91 Å². The molecular weight excluding hydrogens is 364 g/mol. The van der Waals surface area contributed by atoms with E-state index in [2.05, 4.69) is 5.10 Å². The molecule has 0 bridgehead atoms. The lowest BCUT2D eigenvalue weighted by Gasteiger charge is -2.24. The number of hydrogen-bond acceptors (Lipinski definition) is 5. The molecule has 2 aromatic heterocycles. The summed E-state index contributed by atoms with van der Waals surface area (Å²) in [6.45, 7) is 6.35. The van der Waals surface area contributed by atoms with Gasteiger partial charge in [-0.15, -0.1) is 11.3 Å². The largest absolute Gasteiger partial charge is 0.365 e. The molecule has 27 heavy (non-hydrogen) atoms. The van der Waals surface area contributed by atoms with Crippen molar-refractivity contribution in [1.29, 1.82) is 0 Å². The molecule has 8 heteroatoms. The highest BCUT2D eigenvalue weighted by Gasteiger charge is 2.31. The van der Waals surface area contributed by atoms with Crippen LogP contribution in [0.2, 0.25) is 0 Å². The van der Waals surface area contributed by atoms with E-state index in [1.54, 1.807) is 10.7 Å². The number of nitrogens with two attached hydrogens (primary N) is 1. The topological polar surface area (TPSA) is 98.3 Å². The van der Waals surface area contributed by atoms with Crippen LogP contribution in [-0.2, 0) is 11.3 Å². The van der Waals surface area contributed by atoms with Crippen LogP contribution in [0, 0.1) is 13.8 Å². The Kier molecular flexibility index (Phi) is 5.46. The highest BCUT2D eigenvalue weighted by molar-refractivity contribution is 7.14. The zero-order valence-corrected chi connectivity index (χ0v) is 16.6. The van der Waals surface area contributed by atoms with Crippen LogP contribution in [0.4, 0.5) is 0 Å². The number of amides is 2. The van der Waals surface area contributed by atoms with Crippen molar-refractivity contribution in [3.63, 3.8) is 0 Å². The number of aryl methyl sites for hydroxylation is 2. The molecule has 3 heterocycles. The van der Waals surface area contributed by atoms with Crippen molar-refractivity contribution >= 4 is 28.9 Å². The van der Waals surface area contributed by atoms with E-state index in [-0.39, 0.29) is 17.7 Å². The molecule has 0 radical (unpaired) electrons. The lowest BCUT2D eigenvalue weighted by atomic mass is 10.1. The molecule has 0 aliphatic carbocycles. The Hall–Kier alpha value is -2.48. The van der Waals surface area contributed by atoms with Crippen LogP contribution >= 0.6 is 11.3 Å². The summed E-state index contributed by atoms with van der Waals surface area (Å²) < 4.78 is 1.74. The zero-order chi connectivity index (χ0) is 19.7. The van der Waals surface area contributed by atoms with Gasteiger partial charge in [-0.3, -0.25) is 19.1 Å². The number of ketones is 1. The van der Waals surface area contributed by atoms with Crippen LogP contribution in [0.25, 0.3) is 0 Å².